The van der Waals surface area contributed by atoms with Crippen LogP contribution < -0.4 is 5.32 Å². The van der Waals surface area contributed by atoms with Crippen LogP contribution in [0.2, 0.25) is 5.02 Å². The lowest BCUT2D eigenvalue weighted by molar-refractivity contribution is -0.0818. The van der Waals surface area contributed by atoms with Gasteiger partial charge in [-0.1, -0.05) is 29.0 Å². The number of nitrogens with zero attached hydrogens (tertiary/aromatic N) is 1. The minimum Gasteiger partial charge on any atom is -0.376 e. The predicted octanol–water partition coefficient (Wildman–Crippen LogP) is 2.78. The molecule has 4 nitrogen and oxygen atoms in total. The van der Waals surface area contributed by atoms with Crippen molar-refractivity contribution in [3.05, 3.63) is 23.2 Å². The van der Waals surface area contributed by atoms with Crippen molar-refractivity contribution in [1.29, 1.82) is 0 Å². The molecule has 1 unspecified atom stereocenters. The maximum atomic E-state index is 6.12. The van der Waals surface area contributed by atoms with E-state index < -0.39 is 0 Å². The zero-order chi connectivity index (χ0) is 12.4. The highest BCUT2D eigenvalue weighted by molar-refractivity contribution is 7.22. The molecule has 1 aromatic carbocycles. The Morgan fingerprint density at radius 3 is 3.17 bits per heavy atom. The molecule has 0 saturated carbocycles. The van der Waals surface area contributed by atoms with Gasteiger partial charge in [-0.15, -0.1) is 0 Å². The average Bonchev–Trinajstić information content (AvgIpc) is 2.82. The lowest BCUT2D eigenvalue weighted by Gasteiger charge is -2.22. The van der Waals surface area contributed by atoms with Gasteiger partial charge in [0.25, 0.3) is 0 Å². The second-order valence-corrected chi connectivity index (χ2v) is 5.46. The topological polar surface area (TPSA) is 43.4 Å². The Hall–Kier alpha value is -0.880. The second-order valence-electron chi connectivity index (χ2n) is 4.06. The van der Waals surface area contributed by atoms with Crippen LogP contribution in [0.3, 0.4) is 0 Å². The maximum Gasteiger partial charge on any atom is 0.183 e. The fraction of sp³-hybridized carbons (Fsp3) is 0.417. The molecule has 3 rings (SSSR count). The molecule has 1 aliphatic heterocycles. The SMILES string of the molecule is Clc1cccc2nc(NCC3COCCO3)sc12. The maximum absolute atomic E-state index is 6.12. The Morgan fingerprint density at radius 2 is 2.39 bits per heavy atom. The Kier molecular flexibility index (Phi) is 3.65. The van der Waals surface area contributed by atoms with Crippen molar-refractivity contribution >= 4 is 38.3 Å². The monoisotopic (exact) mass is 284 g/mol. The average molecular weight is 285 g/mol. The second kappa shape index (κ2) is 5.40. The number of nitrogens with one attached hydrogen (secondary N) is 1. The summed E-state index contributed by atoms with van der Waals surface area (Å²) < 4.78 is 11.9. The molecule has 18 heavy (non-hydrogen) atoms. The fourth-order valence-electron chi connectivity index (χ4n) is 1.85. The largest absolute Gasteiger partial charge is 0.376 e. The third-order valence-corrected chi connectivity index (χ3v) is 4.22. The highest BCUT2D eigenvalue weighted by atomic mass is 35.5. The van der Waals surface area contributed by atoms with E-state index in [9.17, 15) is 0 Å². The summed E-state index contributed by atoms with van der Waals surface area (Å²) in [6.45, 7) is 2.70. The van der Waals surface area contributed by atoms with Crippen LogP contribution >= 0.6 is 22.9 Å². The molecular formula is C12H13ClN2O2S. The Bertz CT molecular complexity index is 540. The highest BCUT2D eigenvalue weighted by Gasteiger charge is 2.15. The third-order valence-electron chi connectivity index (χ3n) is 2.73. The molecule has 0 amide bonds. The van der Waals surface area contributed by atoms with Crippen molar-refractivity contribution in [3.8, 4) is 0 Å². The van der Waals surface area contributed by atoms with Crippen LogP contribution in [0.25, 0.3) is 10.2 Å². The van der Waals surface area contributed by atoms with Gasteiger partial charge in [-0.2, -0.15) is 0 Å². The predicted molar refractivity (Wildman–Crippen MR) is 73.7 cm³/mol. The van der Waals surface area contributed by atoms with Gasteiger partial charge in [0, 0.05) is 6.54 Å². The summed E-state index contributed by atoms with van der Waals surface area (Å²) in [4.78, 5) is 4.48. The van der Waals surface area contributed by atoms with Gasteiger partial charge in [-0.3, -0.25) is 0 Å². The molecule has 1 saturated heterocycles. The van der Waals surface area contributed by atoms with Crippen LogP contribution in [0.4, 0.5) is 5.13 Å². The first-order chi connectivity index (χ1) is 8.83. The number of hydrogen-bond acceptors (Lipinski definition) is 5. The molecule has 0 bridgehead atoms. The van der Waals surface area contributed by atoms with Gasteiger partial charge in [0.05, 0.1) is 41.2 Å². The number of rotatable bonds is 3. The lowest BCUT2D eigenvalue weighted by atomic mass is 10.3. The number of benzene rings is 1. The van der Waals surface area contributed by atoms with E-state index in [0.29, 0.717) is 26.4 Å². The van der Waals surface area contributed by atoms with E-state index in [2.05, 4.69) is 10.3 Å². The van der Waals surface area contributed by atoms with Crippen molar-refractivity contribution in [3.63, 3.8) is 0 Å². The van der Waals surface area contributed by atoms with Crippen molar-refractivity contribution in [2.24, 2.45) is 0 Å². The molecule has 1 aromatic heterocycles. The van der Waals surface area contributed by atoms with Crippen LogP contribution in [0.1, 0.15) is 0 Å². The molecule has 1 atom stereocenters. The Balaban J connectivity index is 1.69. The van der Waals surface area contributed by atoms with Crippen LogP contribution in [0.15, 0.2) is 18.2 Å². The van der Waals surface area contributed by atoms with Gasteiger partial charge in [-0.05, 0) is 12.1 Å². The molecule has 1 aliphatic rings. The fourth-order valence-corrected chi connectivity index (χ4v) is 3.01. The smallest absolute Gasteiger partial charge is 0.183 e. The number of halogens is 1. The van der Waals surface area contributed by atoms with E-state index in [0.717, 1.165) is 20.4 Å². The van der Waals surface area contributed by atoms with E-state index in [1.807, 2.05) is 18.2 Å². The van der Waals surface area contributed by atoms with Gasteiger partial charge in [0.2, 0.25) is 0 Å². The van der Waals surface area contributed by atoms with Gasteiger partial charge in [0.15, 0.2) is 5.13 Å². The number of ether oxygens (including phenoxy) is 2. The van der Waals surface area contributed by atoms with Crippen LogP contribution in [0, 0.1) is 0 Å². The molecule has 1 N–H and O–H groups in total. The van der Waals surface area contributed by atoms with E-state index in [4.69, 9.17) is 21.1 Å². The van der Waals surface area contributed by atoms with Crippen molar-refractivity contribution in [2.75, 3.05) is 31.7 Å². The minimum atomic E-state index is 0.0984. The molecule has 0 aliphatic carbocycles. The van der Waals surface area contributed by atoms with E-state index in [1.54, 1.807) is 11.3 Å². The molecule has 0 spiro atoms. The summed E-state index contributed by atoms with van der Waals surface area (Å²) in [7, 11) is 0. The Labute approximate surface area is 114 Å². The van der Waals surface area contributed by atoms with E-state index >= 15 is 0 Å². The summed E-state index contributed by atoms with van der Waals surface area (Å²) in [6.07, 6.45) is 0.0984. The molecule has 0 radical (unpaired) electrons. The first-order valence-corrected chi connectivity index (χ1v) is 7.00. The van der Waals surface area contributed by atoms with Gasteiger partial charge < -0.3 is 14.8 Å². The van der Waals surface area contributed by atoms with E-state index in [1.165, 1.54) is 0 Å². The zero-order valence-electron chi connectivity index (χ0n) is 9.69. The highest BCUT2D eigenvalue weighted by Crippen LogP contribution is 2.31. The number of fused-ring (bicyclic) bond motifs is 1. The lowest BCUT2D eigenvalue weighted by Crippen LogP contribution is -2.34. The molecule has 1 fully saturated rings. The van der Waals surface area contributed by atoms with Crippen LogP contribution in [0.5, 0.6) is 0 Å². The first-order valence-electron chi connectivity index (χ1n) is 5.81. The summed E-state index contributed by atoms with van der Waals surface area (Å²) in [5.74, 6) is 0. The standard InChI is InChI=1S/C12H13ClN2O2S/c13-9-2-1-3-10-11(9)18-12(15-10)14-6-8-7-16-4-5-17-8/h1-3,8H,4-7H2,(H,14,15). The van der Waals surface area contributed by atoms with Crippen LogP contribution in [-0.4, -0.2) is 37.5 Å². The number of anilines is 1. The molecule has 96 valence electrons. The van der Waals surface area contributed by atoms with Crippen LogP contribution in [-0.2, 0) is 9.47 Å². The van der Waals surface area contributed by atoms with Gasteiger partial charge >= 0.3 is 0 Å². The number of aromatic nitrogens is 1. The first kappa shape index (κ1) is 12.2. The molecule has 2 aromatic rings. The minimum absolute atomic E-state index is 0.0984. The van der Waals surface area contributed by atoms with Gasteiger partial charge in [-0.25, -0.2) is 4.98 Å². The van der Waals surface area contributed by atoms with Crippen molar-refractivity contribution in [1.82, 2.24) is 4.98 Å². The number of hydrogen-bond donors (Lipinski definition) is 1. The molecule has 6 heteroatoms. The normalized spacial score (nSPS) is 20.2. The molecular weight excluding hydrogens is 272 g/mol. The summed E-state index contributed by atoms with van der Waals surface area (Å²) in [5.41, 5.74) is 0.927. The van der Waals surface area contributed by atoms with E-state index in [-0.39, 0.29) is 6.10 Å². The summed E-state index contributed by atoms with van der Waals surface area (Å²) in [5, 5.41) is 4.89. The Morgan fingerprint density at radius 1 is 1.44 bits per heavy atom. The van der Waals surface area contributed by atoms with Crippen molar-refractivity contribution in [2.45, 2.75) is 6.10 Å². The van der Waals surface area contributed by atoms with Gasteiger partial charge in [0.1, 0.15) is 0 Å². The summed E-state index contributed by atoms with van der Waals surface area (Å²) >= 11 is 7.68. The third kappa shape index (κ3) is 2.59. The quantitative estimate of drug-likeness (QED) is 0.941. The summed E-state index contributed by atoms with van der Waals surface area (Å²) in [6, 6.07) is 5.75. The number of thiazole rings is 1. The zero-order valence-corrected chi connectivity index (χ0v) is 11.3. The molecule has 2 heterocycles. The van der Waals surface area contributed by atoms with Crippen molar-refractivity contribution < 1.29 is 9.47 Å².